The van der Waals surface area contributed by atoms with Gasteiger partial charge < -0.3 is 10.2 Å². The predicted molar refractivity (Wildman–Crippen MR) is 87.5 cm³/mol. The minimum atomic E-state index is 0.211. The van der Waals surface area contributed by atoms with Gasteiger partial charge in [-0.1, -0.05) is 38.8 Å². The zero-order chi connectivity index (χ0) is 15.2. The van der Waals surface area contributed by atoms with Crippen LogP contribution in [0.3, 0.4) is 0 Å². The normalized spacial score (nSPS) is 14.1. The van der Waals surface area contributed by atoms with Crippen molar-refractivity contribution in [1.82, 2.24) is 10.2 Å². The lowest BCUT2D eigenvalue weighted by Crippen LogP contribution is -2.36. The van der Waals surface area contributed by atoms with E-state index in [0.29, 0.717) is 5.92 Å². The summed E-state index contributed by atoms with van der Waals surface area (Å²) in [6.07, 6.45) is 3.23. The molecule has 0 fully saturated rings. The van der Waals surface area contributed by atoms with Crippen molar-refractivity contribution >= 4 is 5.91 Å². The van der Waals surface area contributed by atoms with E-state index in [9.17, 15) is 4.79 Å². The van der Waals surface area contributed by atoms with Crippen LogP contribution in [0.2, 0.25) is 0 Å². The highest BCUT2D eigenvalue weighted by Gasteiger charge is 2.22. The molecule has 0 aliphatic carbocycles. The van der Waals surface area contributed by atoms with Gasteiger partial charge in [0, 0.05) is 25.2 Å². The van der Waals surface area contributed by atoms with Crippen LogP contribution < -0.4 is 5.32 Å². The Kier molecular flexibility index (Phi) is 5.80. The summed E-state index contributed by atoms with van der Waals surface area (Å²) < 4.78 is 0. The number of hydrogen-bond donors (Lipinski definition) is 1. The summed E-state index contributed by atoms with van der Waals surface area (Å²) >= 11 is 0. The smallest absolute Gasteiger partial charge is 0.254 e. The van der Waals surface area contributed by atoms with E-state index in [2.05, 4.69) is 32.2 Å². The summed E-state index contributed by atoms with van der Waals surface area (Å²) in [4.78, 5) is 14.9. The zero-order valence-electron chi connectivity index (χ0n) is 13.6. The second-order valence-electron chi connectivity index (χ2n) is 5.90. The fraction of sp³-hybridized carbons (Fsp3) is 0.611. The Morgan fingerprint density at radius 2 is 2.05 bits per heavy atom. The molecule has 1 aliphatic rings. The molecule has 0 saturated heterocycles. The van der Waals surface area contributed by atoms with Gasteiger partial charge in [-0.15, -0.1) is 0 Å². The summed E-state index contributed by atoms with van der Waals surface area (Å²) in [7, 11) is 0. The first-order chi connectivity index (χ1) is 10.2. The van der Waals surface area contributed by atoms with Gasteiger partial charge in [-0.3, -0.25) is 4.79 Å². The molecule has 0 unspecified atom stereocenters. The Hall–Kier alpha value is -1.35. The molecule has 21 heavy (non-hydrogen) atoms. The lowest BCUT2D eigenvalue weighted by Gasteiger charge is -2.28. The molecule has 0 bridgehead atoms. The number of nitrogens with one attached hydrogen (secondary N) is 1. The van der Waals surface area contributed by atoms with Crippen molar-refractivity contribution in [2.24, 2.45) is 5.92 Å². The SMILES string of the molecule is CCC(CC)CN(CC)C(=O)c1cccc2c1CCNC2. The molecule has 1 amide bonds. The zero-order valence-corrected chi connectivity index (χ0v) is 13.6. The molecule has 0 radical (unpaired) electrons. The van der Waals surface area contributed by atoms with Crippen LogP contribution in [-0.2, 0) is 13.0 Å². The molecule has 2 rings (SSSR count). The first-order valence-electron chi connectivity index (χ1n) is 8.31. The van der Waals surface area contributed by atoms with Crippen LogP contribution in [0, 0.1) is 5.92 Å². The highest BCUT2D eigenvalue weighted by Crippen LogP contribution is 2.21. The average Bonchev–Trinajstić information content (AvgIpc) is 2.55. The van der Waals surface area contributed by atoms with Gasteiger partial charge in [0.2, 0.25) is 0 Å². The van der Waals surface area contributed by atoms with Crippen LogP contribution in [0.5, 0.6) is 0 Å². The maximum absolute atomic E-state index is 12.9. The van der Waals surface area contributed by atoms with Gasteiger partial charge >= 0.3 is 0 Å². The average molecular weight is 288 g/mol. The third kappa shape index (κ3) is 3.65. The van der Waals surface area contributed by atoms with Crippen molar-refractivity contribution in [3.63, 3.8) is 0 Å². The van der Waals surface area contributed by atoms with E-state index in [4.69, 9.17) is 0 Å². The number of carbonyl (C=O) groups is 1. The van der Waals surface area contributed by atoms with Gasteiger partial charge in [0.25, 0.3) is 5.91 Å². The van der Waals surface area contributed by atoms with E-state index in [1.165, 1.54) is 11.1 Å². The molecule has 0 aromatic heterocycles. The summed E-state index contributed by atoms with van der Waals surface area (Å²) in [6, 6.07) is 6.15. The minimum absolute atomic E-state index is 0.211. The molecule has 1 aromatic rings. The number of benzene rings is 1. The largest absolute Gasteiger partial charge is 0.339 e. The first-order valence-corrected chi connectivity index (χ1v) is 8.31. The van der Waals surface area contributed by atoms with Gasteiger partial charge in [-0.25, -0.2) is 0 Å². The minimum Gasteiger partial charge on any atom is -0.339 e. The van der Waals surface area contributed by atoms with Crippen LogP contribution in [0.15, 0.2) is 18.2 Å². The monoisotopic (exact) mass is 288 g/mol. The van der Waals surface area contributed by atoms with Gasteiger partial charge in [-0.2, -0.15) is 0 Å². The molecule has 1 aromatic carbocycles. The number of rotatable bonds is 6. The van der Waals surface area contributed by atoms with E-state index in [0.717, 1.165) is 51.0 Å². The second-order valence-corrected chi connectivity index (χ2v) is 5.90. The van der Waals surface area contributed by atoms with Crippen molar-refractivity contribution in [2.75, 3.05) is 19.6 Å². The van der Waals surface area contributed by atoms with Crippen molar-refractivity contribution < 1.29 is 4.79 Å². The number of amides is 1. The standard InChI is InChI=1S/C18H28N2O/c1-4-14(5-2)13-20(6-3)18(21)17-9-7-8-15-12-19-11-10-16(15)17/h7-9,14,19H,4-6,10-13H2,1-3H3. The molecular weight excluding hydrogens is 260 g/mol. The van der Waals surface area contributed by atoms with Gasteiger partial charge in [0.05, 0.1) is 0 Å². The van der Waals surface area contributed by atoms with Crippen LogP contribution in [0.25, 0.3) is 0 Å². The summed E-state index contributed by atoms with van der Waals surface area (Å²) in [5.74, 6) is 0.818. The Morgan fingerprint density at radius 1 is 1.29 bits per heavy atom. The summed E-state index contributed by atoms with van der Waals surface area (Å²) in [5.41, 5.74) is 3.46. The number of nitrogens with zero attached hydrogens (tertiary/aromatic N) is 1. The Labute approximate surface area is 128 Å². The summed E-state index contributed by atoms with van der Waals surface area (Å²) in [6.45, 7) is 10.0. The van der Waals surface area contributed by atoms with Crippen molar-refractivity contribution in [2.45, 2.75) is 46.6 Å². The lowest BCUT2D eigenvalue weighted by molar-refractivity contribution is 0.0733. The van der Waals surface area contributed by atoms with Crippen LogP contribution in [0.4, 0.5) is 0 Å². The highest BCUT2D eigenvalue weighted by atomic mass is 16.2. The molecule has 0 saturated carbocycles. The lowest BCUT2D eigenvalue weighted by atomic mass is 9.94. The number of fused-ring (bicyclic) bond motifs is 1. The highest BCUT2D eigenvalue weighted by molar-refractivity contribution is 5.96. The quantitative estimate of drug-likeness (QED) is 0.871. The van der Waals surface area contributed by atoms with Crippen LogP contribution in [-0.4, -0.2) is 30.4 Å². The van der Waals surface area contributed by atoms with E-state index >= 15 is 0 Å². The maximum atomic E-state index is 12.9. The van der Waals surface area contributed by atoms with Gasteiger partial charge in [0.1, 0.15) is 0 Å². The van der Waals surface area contributed by atoms with E-state index < -0.39 is 0 Å². The molecule has 3 heteroatoms. The fourth-order valence-corrected chi connectivity index (χ4v) is 3.12. The Bertz CT molecular complexity index is 480. The molecule has 1 N–H and O–H groups in total. The van der Waals surface area contributed by atoms with Crippen molar-refractivity contribution in [1.29, 1.82) is 0 Å². The van der Waals surface area contributed by atoms with Gasteiger partial charge in [-0.05, 0) is 43.0 Å². The third-order valence-corrected chi connectivity index (χ3v) is 4.67. The topological polar surface area (TPSA) is 32.3 Å². The third-order valence-electron chi connectivity index (χ3n) is 4.67. The number of hydrogen-bond acceptors (Lipinski definition) is 2. The summed E-state index contributed by atoms with van der Waals surface area (Å²) in [5, 5.41) is 3.38. The number of carbonyl (C=O) groups excluding carboxylic acids is 1. The van der Waals surface area contributed by atoms with Crippen molar-refractivity contribution in [3.8, 4) is 0 Å². The van der Waals surface area contributed by atoms with Crippen molar-refractivity contribution in [3.05, 3.63) is 34.9 Å². The molecular formula is C18H28N2O. The molecule has 0 atom stereocenters. The van der Waals surface area contributed by atoms with E-state index in [-0.39, 0.29) is 5.91 Å². The Balaban J connectivity index is 2.21. The van der Waals surface area contributed by atoms with Crippen LogP contribution in [0.1, 0.15) is 55.1 Å². The van der Waals surface area contributed by atoms with Gasteiger partial charge in [0.15, 0.2) is 0 Å². The molecule has 3 nitrogen and oxygen atoms in total. The molecule has 1 aliphatic heterocycles. The predicted octanol–water partition coefficient (Wildman–Crippen LogP) is 3.23. The first kappa shape index (κ1) is 16.0. The maximum Gasteiger partial charge on any atom is 0.254 e. The Morgan fingerprint density at radius 3 is 2.71 bits per heavy atom. The van der Waals surface area contributed by atoms with E-state index in [1.54, 1.807) is 0 Å². The second kappa shape index (κ2) is 7.60. The van der Waals surface area contributed by atoms with E-state index in [1.807, 2.05) is 17.0 Å². The molecule has 0 spiro atoms. The van der Waals surface area contributed by atoms with Crippen LogP contribution >= 0.6 is 0 Å². The molecule has 1 heterocycles. The molecule has 116 valence electrons. The fourth-order valence-electron chi connectivity index (χ4n) is 3.12.